The van der Waals surface area contributed by atoms with Gasteiger partial charge in [-0.1, -0.05) is 0 Å². The van der Waals surface area contributed by atoms with E-state index in [1.54, 1.807) is 24.5 Å². The number of pyridine rings is 2. The van der Waals surface area contributed by atoms with Crippen LogP contribution in [0.2, 0.25) is 0 Å². The summed E-state index contributed by atoms with van der Waals surface area (Å²) in [6, 6.07) is 7.17. The van der Waals surface area contributed by atoms with Crippen LogP contribution < -0.4 is 15.5 Å². The van der Waals surface area contributed by atoms with Crippen LogP contribution in [0.1, 0.15) is 21.7 Å². The number of rotatable bonds is 6. The van der Waals surface area contributed by atoms with Gasteiger partial charge in [-0.25, -0.2) is 15.0 Å². The summed E-state index contributed by atoms with van der Waals surface area (Å²) in [5, 5.41) is 5.62. The molecule has 31 heavy (non-hydrogen) atoms. The van der Waals surface area contributed by atoms with Crippen molar-refractivity contribution in [1.29, 1.82) is 0 Å². The van der Waals surface area contributed by atoms with E-state index in [0.29, 0.717) is 24.7 Å². The normalized spacial score (nSPS) is 14.5. The number of H-pyrrole nitrogens is 1. The van der Waals surface area contributed by atoms with E-state index in [2.05, 4.69) is 35.5 Å². The number of amides is 1. The largest absolute Gasteiger partial charge is 0.365 e. The SMILES string of the molecule is CNC(=O)c1ccc(N2CCN(Cc3ccnc(Nc4ncc(C)[nH]4)c3)CC2)c(F)n1. The van der Waals surface area contributed by atoms with Gasteiger partial charge in [-0.15, -0.1) is 0 Å². The first-order valence-electron chi connectivity index (χ1n) is 10.1. The molecular formula is C21H25FN8O. The molecule has 3 aromatic heterocycles. The Morgan fingerprint density at radius 2 is 2.00 bits per heavy atom. The zero-order valence-electron chi connectivity index (χ0n) is 17.5. The Labute approximate surface area is 179 Å². The van der Waals surface area contributed by atoms with Crippen molar-refractivity contribution in [3.8, 4) is 0 Å². The lowest BCUT2D eigenvalue weighted by atomic mass is 10.2. The number of hydrogen-bond donors (Lipinski definition) is 3. The van der Waals surface area contributed by atoms with Crippen LogP contribution in [-0.4, -0.2) is 64.0 Å². The van der Waals surface area contributed by atoms with Gasteiger partial charge in [-0.05, 0) is 36.8 Å². The molecule has 162 valence electrons. The van der Waals surface area contributed by atoms with Crippen molar-refractivity contribution in [2.45, 2.75) is 13.5 Å². The average Bonchev–Trinajstić information content (AvgIpc) is 3.18. The van der Waals surface area contributed by atoms with Gasteiger partial charge in [0.2, 0.25) is 11.9 Å². The lowest BCUT2D eigenvalue weighted by molar-refractivity contribution is 0.0957. The smallest absolute Gasteiger partial charge is 0.269 e. The highest BCUT2D eigenvalue weighted by Gasteiger charge is 2.21. The van der Waals surface area contributed by atoms with Crippen molar-refractivity contribution in [3.05, 3.63) is 59.6 Å². The van der Waals surface area contributed by atoms with Gasteiger partial charge < -0.3 is 20.5 Å². The molecule has 1 aliphatic rings. The van der Waals surface area contributed by atoms with Gasteiger partial charge in [0, 0.05) is 57.9 Å². The summed E-state index contributed by atoms with van der Waals surface area (Å²) < 4.78 is 14.4. The molecule has 10 heteroatoms. The summed E-state index contributed by atoms with van der Waals surface area (Å²) in [7, 11) is 1.49. The van der Waals surface area contributed by atoms with Crippen LogP contribution in [0.5, 0.6) is 0 Å². The monoisotopic (exact) mass is 424 g/mol. The summed E-state index contributed by atoms with van der Waals surface area (Å²) >= 11 is 0. The summed E-state index contributed by atoms with van der Waals surface area (Å²) in [5.74, 6) is 0.375. The minimum absolute atomic E-state index is 0.0780. The van der Waals surface area contributed by atoms with E-state index in [1.165, 1.54) is 7.05 Å². The maximum absolute atomic E-state index is 14.4. The molecule has 4 heterocycles. The van der Waals surface area contributed by atoms with Gasteiger partial charge in [0.25, 0.3) is 5.91 Å². The molecule has 0 bridgehead atoms. The van der Waals surface area contributed by atoms with Crippen LogP contribution in [0.3, 0.4) is 0 Å². The van der Waals surface area contributed by atoms with E-state index in [1.807, 2.05) is 24.0 Å². The summed E-state index contributed by atoms with van der Waals surface area (Å²) in [5.41, 5.74) is 2.62. The van der Waals surface area contributed by atoms with Crippen LogP contribution in [0.15, 0.2) is 36.7 Å². The Hall–Kier alpha value is -3.53. The number of nitrogens with zero attached hydrogens (tertiary/aromatic N) is 5. The number of aromatic amines is 1. The zero-order chi connectivity index (χ0) is 21.8. The molecule has 3 N–H and O–H groups in total. The van der Waals surface area contributed by atoms with Crippen molar-refractivity contribution in [2.24, 2.45) is 0 Å². The molecule has 4 rings (SSSR count). The lowest BCUT2D eigenvalue weighted by Gasteiger charge is -2.36. The topological polar surface area (TPSA) is 102 Å². The van der Waals surface area contributed by atoms with Crippen molar-refractivity contribution in [3.63, 3.8) is 0 Å². The van der Waals surface area contributed by atoms with Crippen molar-refractivity contribution >= 4 is 23.4 Å². The predicted octanol–water partition coefficient (Wildman–Crippen LogP) is 2.07. The molecule has 0 atom stereocenters. The Morgan fingerprint density at radius 3 is 2.68 bits per heavy atom. The summed E-state index contributed by atoms with van der Waals surface area (Å²) in [6.07, 6.45) is 3.54. The second kappa shape index (κ2) is 9.09. The van der Waals surface area contributed by atoms with Crippen LogP contribution in [-0.2, 0) is 6.54 Å². The first-order chi connectivity index (χ1) is 15.0. The second-order valence-electron chi connectivity index (χ2n) is 7.44. The third-order valence-corrected chi connectivity index (χ3v) is 5.18. The van der Waals surface area contributed by atoms with Gasteiger partial charge >= 0.3 is 0 Å². The Bertz CT molecular complexity index is 1060. The molecule has 1 amide bonds. The van der Waals surface area contributed by atoms with E-state index in [9.17, 15) is 9.18 Å². The number of imidazole rings is 1. The fraction of sp³-hybridized carbons (Fsp3) is 0.333. The highest BCUT2D eigenvalue weighted by atomic mass is 19.1. The number of anilines is 3. The molecule has 1 fully saturated rings. The predicted molar refractivity (Wildman–Crippen MR) is 116 cm³/mol. The molecule has 1 saturated heterocycles. The maximum atomic E-state index is 14.4. The van der Waals surface area contributed by atoms with Gasteiger partial charge in [0.15, 0.2) is 0 Å². The van der Waals surface area contributed by atoms with E-state index < -0.39 is 11.9 Å². The molecule has 0 unspecified atom stereocenters. The van der Waals surface area contributed by atoms with Crippen molar-refractivity contribution in [1.82, 2.24) is 30.2 Å². The maximum Gasteiger partial charge on any atom is 0.269 e. The second-order valence-corrected chi connectivity index (χ2v) is 7.44. The van der Waals surface area contributed by atoms with E-state index >= 15 is 0 Å². The molecule has 0 saturated carbocycles. The molecular weight excluding hydrogens is 399 g/mol. The number of piperazine rings is 1. The minimum atomic E-state index is -0.618. The number of aryl methyl sites for hydroxylation is 1. The number of aromatic nitrogens is 4. The quantitative estimate of drug-likeness (QED) is 0.521. The van der Waals surface area contributed by atoms with Gasteiger partial charge in [-0.2, -0.15) is 4.39 Å². The van der Waals surface area contributed by atoms with Crippen molar-refractivity contribution < 1.29 is 9.18 Å². The average molecular weight is 424 g/mol. The number of nitrogens with one attached hydrogen (secondary N) is 3. The number of carbonyl (C=O) groups is 1. The van der Waals surface area contributed by atoms with Crippen LogP contribution in [0.25, 0.3) is 0 Å². The first-order valence-corrected chi connectivity index (χ1v) is 10.1. The van der Waals surface area contributed by atoms with E-state index in [0.717, 1.165) is 36.7 Å². The van der Waals surface area contributed by atoms with Gasteiger partial charge in [-0.3, -0.25) is 9.69 Å². The van der Waals surface area contributed by atoms with Crippen LogP contribution >= 0.6 is 0 Å². The Morgan fingerprint density at radius 1 is 1.19 bits per heavy atom. The molecule has 0 spiro atoms. The fourth-order valence-electron chi connectivity index (χ4n) is 3.56. The third-order valence-electron chi connectivity index (χ3n) is 5.18. The van der Waals surface area contributed by atoms with Crippen molar-refractivity contribution in [2.75, 3.05) is 43.4 Å². The molecule has 0 aromatic carbocycles. The molecule has 3 aromatic rings. The fourth-order valence-corrected chi connectivity index (χ4v) is 3.56. The van der Waals surface area contributed by atoms with E-state index in [-0.39, 0.29) is 5.69 Å². The zero-order valence-corrected chi connectivity index (χ0v) is 17.5. The van der Waals surface area contributed by atoms with Crippen LogP contribution in [0.4, 0.5) is 21.8 Å². The summed E-state index contributed by atoms with van der Waals surface area (Å²) in [4.78, 5) is 31.4. The standard InChI is InChI=1S/C21H25FN8O/c1-14-12-25-21(26-14)28-18-11-15(5-6-24-18)13-29-7-9-30(10-8-29)17-4-3-16(20(31)23-2)27-19(17)22/h3-6,11-12H,7-10,13H2,1-2H3,(H,23,31)(H2,24,25,26,28). The highest BCUT2D eigenvalue weighted by Crippen LogP contribution is 2.21. The Kier molecular flexibility index (Phi) is 6.08. The highest BCUT2D eigenvalue weighted by molar-refractivity contribution is 5.92. The minimum Gasteiger partial charge on any atom is -0.365 e. The number of hydrogen-bond acceptors (Lipinski definition) is 7. The summed E-state index contributed by atoms with van der Waals surface area (Å²) in [6.45, 7) is 5.66. The lowest BCUT2D eigenvalue weighted by Crippen LogP contribution is -2.46. The molecule has 9 nitrogen and oxygen atoms in total. The van der Waals surface area contributed by atoms with Gasteiger partial charge in [0.1, 0.15) is 11.5 Å². The van der Waals surface area contributed by atoms with E-state index in [4.69, 9.17) is 0 Å². The molecule has 0 aliphatic carbocycles. The third kappa shape index (κ3) is 4.97. The number of halogens is 1. The number of carbonyl (C=O) groups excluding carboxylic acids is 1. The van der Waals surface area contributed by atoms with Crippen LogP contribution in [0, 0.1) is 12.9 Å². The molecule has 1 aliphatic heterocycles. The Balaban J connectivity index is 1.34. The molecule has 0 radical (unpaired) electrons. The first kappa shape index (κ1) is 20.7. The van der Waals surface area contributed by atoms with Gasteiger partial charge in [0.05, 0.1) is 5.69 Å².